The molecule has 0 saturated carbocycles. The molecule has 0 radical (unpaired) electrons. The smallest absolute Gasteiger partial charge is 0.171 e. The predicted molar refractivity (Wildman–Crippen MR) is 107 cm³/mol. The third-order valence-corrected chi connectivity index (χ3v) is 7.01. The predicted octanol–water partition coefficient (Wildman–Crippen LogP) is 4.07. The van der Waals surface area contributed by atoms with E-state index in [2.05, 4.69) is 9.85 Å². The van der Waals surface area contributed by atoms with Crippen LogP contribution in [0.3, 0.4) is 0 Å². The molecule has 23 heavy (non-hydrogen) atoms. The Morgan fingerprint density at radius 3 is 1.52 bits per heavy atom. The first-order valence-corrected chi connectivity index (χ1v) is 9.97. The van der Waals surface area contributed by atoms with E-state index < -0.39 is 7.14 Å². The van der Waals surface area contributed by atoms with Gasteiger partial charge in [-0.05, 0) is 28.2 Å². The lowest BCUT2D eigenvalue weighted by molar-refractivity contribution is 0.592. The van der Waals surface area contributed by atoms with Gasteiger partial charge in [-0.2, -0.15) is 0 Å². The molecule has 0 aromatic heterocycles. The van der Waals surface area contributed by atoms with Crippen molar-refractivity contribution in [3.63, 3.8) is 0 Å². The average Bonchev–Trinajstić information content (AvgIpc) is 2.63. The average molecular weight is 428 g/mol. The van der Waals surface area contributed by atoms with E-state index in [1.165, 1.54) is 0 Å². The Balaban J connectivity index is 2.20. The summed E-state index contributed by atoms with van der Waals surface area (Å²) in [4.78, 5) is 0. The van der Waals surface area contributed by atoms with E-state index in [0.29, 0.717) is 0 Å². The van der Waals surface area contributed by atoms with Crippen molar-refractivity contribution < 1.29 is 4.57 Å². The summed E-state index contributed by atoms with van der Waals surface area (Å²) in [5.74, 6) is 3.01. The summed E-state index contributed by atoms with van der Waals surface area (Å²) in [6, 6.07) is 27.1. The minimum absolute atomic E-state index is 0.828. The second-order valence-corrected chi connectivity index (χ2v) is 8.35. The molecule has 3 rings (SSSR count). The monoisotopic (exact) mass is 428 g/mol. The van der Waals surface area contributed by atoms with Crippen LogP contribution in [0.2, 0.25) is 0 Å². The fourth-order valence-electron chi connectivity index (χ4n) is 2.53. The highest BCUT2D eigenvalue weighted by molar-refractivity contribution is 14.1. The van der Waals surface area contributed by atoms with E-state index in [0.717, 1.165) is 21.5 Å². The van der Waals surface area contributed by atoms with Gasteiger partial charge in [-0.3, -0.25) is 0 Å². The third kappa shape index (κ3) is 3.27. The van der Waals surface area contributed by atoms with Gasteiger partial charge in [0.15, 0.2) is 7.14 Å². The highest BCUT2D eigenvalue weighted by Crippen LogP contribution is 2.42. The van der Waals surface area contributed by atoms with E-state index in [-0.39, 0.29) is 0 Å². The minimum atomic E-state index is -2.87. The molecule has 0 unspecified atom stereocenters. The summed E-state index contributed by atoms with van der Waals surface area (Å²) >= 11 is 2.02. The second kappa shape index (κ2) is 7.17. The van der Waals surface area contributed by atoms with E-state index in [4.69, 9.17) is 0 Å². The Bertz CT molecular complexity index is 848. The molecule has 0 fully saturated rings. The Morgan fingerprint density at radius 2 is 1.09 bits per heavy atom. The van der Waals surface area contributed by atoms with Gasteiger partial charge < -0.3 is 4.57 Å². The van der Waals surface area contributed by atoms with Crippen LogP contribution in [-0.2, 0) is 4.57 Å². The summed E-state index contributed by atoms with van der Waals surface area (Å²) in [7, 11) is -2.87. The standard InChI is InChI=1S/C20H14IOP/c21-16-15-17-11-13-20(14-12-17)23(22,18-7-3-1-4-8-18)19-9-5-2-6-10-19/h1-14H. The van der Waals surface area contributed by atoms with E-state index >= 15 is 0 Å². The Labute approximate surface area is 150 Å². The molecule has 0 aliphatic heterocycles. The van der Waals surface area contributed by atoms with Crippen LogP contribution in [0.15, 0.2) is 84.9 Å². The van der Waals surface area contributed by atoms with Crippen molar-refractivity contribution in [1.29, 1.82) is 0 Å². The molecule has 0 spiro atoms. The molecule has 0 amide bonds. The fraction of sp³-hybridized carbons (Fsp3) is 0. The van der Waals surface area contributed by atoms with Crippen molar-refractivity contribution in [3.05, 3.63) is 90.5 Å². The lowest BCUT2D eigenvalue weighted by Crippen LogP contribution is -2.24. The fourth-order valence-corrected chi connectivity index (χ4v) is 5.49. The Kier molecular flexibility index (Phi) is 5.00. The molecular weight excluding hydrogens is 414 g/mol. The van der Waals surface area contributed by atoms with Crippen molar-refractivity contribution in [2.24, 2.45) is 0 Å². The zero-order chi connectivity index (χ0) is 16.1. The molecule has 0 saturated heterocycles. The van der Waals surface area contributed by atoms with Crippen molar-refractivity contribution in [2.45, 2.75) is 0 Å². The summed E-state index contributed by atoms with van der Waals surface area (Å²) in [5, 5.41) is 2.52. The van der Waals surface area contributed by atoms with Crippen LogP contribution in [0.5, 0.6) is 0 Å². The van der Waals surface area contributed by atoms with Crippen LogP contribution < -0.4 is 15.9 Å². The van der Waals surface area contributed by atoms with Gasteiger partial charge in [-0.1, -0.05) is 66.6 Å². The van der Waals surface area contributed by atoms with Gasteiger partial charge in [-0.25, -0.2) is 0 Å². The van der Waals surface area contributed by atoms with Gasteiger partial charge in [0.2, 0.25) is 0 Å². The molecule has 0 atom stereocenters. The van der Waals surface area contributed by atoms with Gasteiger partial charge in [0.1, 0.15) is 0 Å². The topological polar surface area (TPSA) is 17.1 Å². The maximum atomic E-state index is 14.0. The molecular formula is C20H14IOP. The minimum Gasteiger partial charge on any atom is -0.309 e. The number of hydrogen-bond acceptors (Lipinski definition) is 1. The van der Waals surface area contributed by atoms with E-state index in [1.807, 2.05) is 108 Å². The van der Waals surface area contributed by atoms with Crippen LogP contribution in [0.4, 0.5) is 0 Å². The molecule has 3 aromatic carbocycles. The summed E-state index contributed by atoms with van der Waals surface area (Å²) in [6.45, 7) is 0. The summed E-state index contributed by atoms with van der Waals surface area (Å²) in [6.07, 6.45) is 0. The summed E-state index contributed by atoms with van der Waals surface area (Å²) < 4.78 is 16.9. The van der Waals surface area contributed by atoms with Crippen molar-refractivity contribution >= 4 is 45.6 Å². The molecule has 0 heterocycles. The third-order valence-electron chi connectivity index (χ3n) is 3.66. The molecule has 112 valence electrons. The van der Waals surface area contributed by atoms with Crippen LogP contribution in [0, 0.1) is 9.85 Å². The van der Waals surface area contributed by atoms with Crippen molar-refractivity contribution in [3.8, 4) is 9.85 Å². The molecule has 0 N–H and O–H groups in total. The van der Waals surface area contributed by atoms with Crippen LogP contribution in [0.1, 0.15) is 5.56 Å². The number of hydrogen-bond donors (Lipinski definition) is 0. The lowest BCUT2D eigenvalue weighted by Gasteiger charge is -2.19. The largest absolute Gasteiger partial charge is 0.309 e. The Morgan fingerprint density at radius 1 is 0.652 bits per heavy atom. The van der Waals surface area contributed by atoms with Gasteiger partial charge in [0, 0.05) is 44.1 Å². The molecule has 1 nitrogen and oxygen atoms in total. The number of rotatable bonds is 3. The van der Waals surface area contributed by atoms with E-state index in [1.54, 1.807) is 0 Å². The zero-order valence-corrected chi connectivity index (χ0v) is 15.4. The van der Waals surface area contributed by atoms with Gasteiger partial charge in [-0.15, -0.1) is 0 Å². The number of halogens is 1. The maximum Gasteiger partial charge on any atom is 0.171 e. The first-order valence-electron chi connectivity index (χ1n) is 7.19. The zero-order valence-electron chi connectivity index (χ0n) is 12.3. The van der Waals surface area contributed by atoms with Crippen molar-refractivity contribution in [1.82, 2.24) is 0 Å². The lowest BCUT2D eigenvalue weighted by atomic mass is 10.2. The highest BCUT2D eigenvalue weighted by Gasteiger charge is 2.29. The van der Waals surface area contributed by atoms with Crippen LogP contribution in [0.25, 0.3) is 0 Å². The first-order chi connectivity index (χ1) is 11.2. The first kappa shape index (κ1) is 16.1. The molecule has 0 bridgehead atoms. The van der Waals surface area contributed by atoms with E-state index in [9.17, 15) is 4.57 Å². The second-order valence-electron chi connectivity index (χ2n) is 5.05. The van der Waals surface area contributed by atoms with Gasteiger partial charge in [0.25, 0.3) is 0 Å². The highest BCUT2D eigenvalue weighted by atomic mass is 127. The molecule has 3 heteroatoms. The molecule has 3 aromatic rings. The number of benzene rings is 3. The Hall–Kier alpha value is -1.82. The van der Waals surface area contributed by atoms with Crippen LogP contribution in [-0.4, -0.2) is 0 Å². The van der Waals surface area contributed by atoms with Gasteiger partial charge in [0.05, 0.1) is 0 Å². The quantitative estimate of drug-likeness (QED) is 0.349. The van der Waals surface area contributed by atoms with Gasteiger partial charge >= 0.3 is 0 Å². The normalized spacial score (nSPS) is 10.7. The SMILES string of the molecule is O=P(c1ccccc1)(c1ccccc1)c1ccc(C#CI)cc1. The van der Waals surface area contributed by atoms with Crippen LogP contribution >= 0.6 is 29.7 Å². The molecule has 0 aliphatic rings. The van der Waals surface area contributed by atoms with Crippen molar-refractivity contribution in [2.75, 3.05) is 0 Å². The summed E-state index contributed by atoms with van der Waals surface area (Å²) in [5.41, 5.74) is 0.927. The molecule has 0 aliphatic carbocycles. The maximum absolute atomic E-state index is 14.0.